The number of nitrogens with one attached hydrogen (secondary N) is 1. The van der Waals surface area contributed by atoms with E-state index in [1.54, 1.807) is 0 Å². The topological polar surface area (TPSA) is 72.2 Å². The lowest BCUT2D eigenvalue weighted by Crippen LogP contribution is -2.13. The predicted octanol–water partition coefficient (Wildman–Crippen LogP) is 2.80. The van der Waals surface area contributed by atoms with Crippen LogP contribution in [0.3, 0.4) is 0 Å². The summed E-state index contributed by atoms with van der Waals surface area (Å²) < 4.78 is 39.9. The highest BCUT2D eigenvalue weighted by atomic mass is 35.5. The molecule has 0 radical (unpaired) electrons. The first-order valence-electron chi connectivity index (χ1n) is 5.18. The van der Waals surface area contributed by atoms with Crippen LogP contribution in [0.25, 0.3) is 0 Å². The number of anilines is 1. The Bertz CT molecular complexity index is 700. The van der Waals surface area contributed by atoms with Gasteiger partial charge in [-0.05, 0) is 18.2 Å². The van der Waals surface area contributed by atoms with Crippen LogP contribution in [0.4, 0.5) is 10.1 Å². The van der Waals surface area contributed by atoms with Crippen LogP contribution in [0.15, 0.2) is 34.5 Å². The van der Waals surface area contributed by atoms with E-state index in [4.69, 9.17) is 17.3 Å². The van der Waals surface area contributed by atoms with E-state index < -0.39 is 15.8 Å². The van der Waals surface area contributed by atoms with Crippen molar-refractivity contribution in [2.24, 2.45) is 5.73 Å². The third-order valence-electron chi connectivity index (χ3n) is 2.34. The summed E-state index contributed by atoms with van der Waals surface area (Å²) in [7, 11) is -3.84. The standard InChI is InChI=1S/C11H10ClFN2O2S2/c12-9-2-1-3-10(11(9)13)15-19(16,17)8-4-7(5-14)18-6-8/h1-4,6,15H,5,14H2. The third-order valence-corrected chi connectivity index (χ3v) is 5.08. The fourth-order valence-corrected chi connectivity index (χ4v) is 3.78. The van der Waals surface area contributed by atoms with Gasteiger partial charge in [0.05, 0.1) is 15.6 Å². The van der Waals surface area contributed by atoms with Gasteiger partial charge in [-0.1, -0.05) is 17.7 Å². The molecule has 0 unspecified atom stereocenters. The molecule has 1 heterocycles. The Hall–Kier alpha value is -1.15. The van der Waals surface area contributed by atoms with Gasteiger partial charge in [0.15, 0.2) is 5.82 Å². The highest BCUT2D eigenvalue weighted by Gasteiger charge is 2.18. The number of hydrogen-bond donors (Lipinski definition) is 2. The first-order valence-corrected chi connectivity index (χ1v) is 7.92. The molecular formula is C11H10ClFN2O2S2. The van der Waals surface area contributed by atoms with Gasteiger partial charge in [-0.25, -0.2) is 12.8 Å². The lowest BCUT2D eigenvalue weighted by molar-refractivity contribution is 0.599. The van der Waals surface area contributed by atoms with Crippen molar-refractivity contribution < 1.29 is 12.8 Å². The average molecular weight is 321 g/mol. The summed E-state index contributed by atoms with van der Waals surface area (Å²) in [6.45, 7) is 0.256. The Kier molecular flexibility index (Phi) is 4.10. The number of halogens is 2. The number of thiophene rings is 1. The van der Waals surface area contributed by atoms with Crippen LogP contribution in [-0.4, -0.2) is 8.42 Å². The van der Waals surface area contributed by atoms with E-state index in [1.165, 1.54) is 41.0 Å². The van der Waals surface area contributed by atoms with Gasteiger partial charge in [-0.15, -0.1) is 11.3 Å². The fourth-order valence-electron chi connectivity index (χ4n) is 1.39. The molecule has 0 atom stereocenters. The van der Waals surface area contributed by atoms with Crippen molar-refractivity contribution >= 4 is 38.6 Å². The normalized spacial score (nSPS) is 11.5. The van der Waals surface area contributed by atoms with E-state index in [0.29, 0.717) is 0 Å². The van der Waals surface area contributed by atoms with Crippen molar-refractivity contribution in [1.29, 1.82) is 0 Å². The van der Waals surface area contributed by atoms with Gasteiger partial charge < -0.3 is 5.73 Å². The molecule has 8 heteroatoms. The lowest BCUT2D eigenvalue weighted by atomic mass is 10.3. The molecule has 102 valence electrons. The van der Waals surface area contributed by atoms with Gasteiger partial charge in [0.1, 0.15) is 0 Å². The summed E-state index contributed by atoms with van der Waals surface area (Å²) in [5.41, 5.74) is 5.23. The Balaban J connectivity index is 2.33. The largest absolute Gasteiger partial charge is 0.326 e. The number of hydrogen-bond acceptors (Lipinski definition) is 4. The molecule has 0 aliphatic heterocycles. The minimum absolute atomic E-state index is 0.0531. The van der Waals surface area contributed by atoms with Crippen molar-refractivity contribution in [2.45, 2.75) is 11.4 Å². The quantitative estimate of drug-likeness (QED) is 0.910. The van der Waals surface area contributed by atoms with Gasteiger partial charge in [0.25, 0.3) is 10.0 Å². The first kappa shape index (κ1) is 14.3. The summed E-state index contributed by atoms with van der Waals surface area (Å²) in [6, 6.07) is 5.55. The van der Waals surface area contributed by atoms with Crippen molar-refractivity contribution in [1.82, 2.24) is 0 Å². The van der Waals surface area contributed by atoms with Crippen molar-refractivity contribution in [2.75, 3.05) is 4.72 Å². The van der Waals surface area contributed by atoms with Gasteiger partial charge in [-0.2, -0.15) is 0 Å². The Labute approximate surface area is 119 Å². The zero-order valence-electron chi connectivity index (χ0n) is 9.56. The first-order chi connectivity index (χ1) is 8.94. The maximum absolute atomic E-state index is 13.6. The van der Waals surface area contributed by atoms with Crippen molar-refractivity contribution in [3.63, 3.8) is 0 Å². The van der Waals surface area contributed by atoms with Gasteiger partial charge >= 0.3 is 0 Å². The summed E-state index contributed by atoms with van der Waals surface area (Å²) in [5, 5.41) is 1.31. The van der Waals surface area contributed by atoms with Gasteiger partial charge in [0.2, 0.25) is 0 Å². The molecule has 19 heavy (non-hydrogen) atoms. The SMILES string of the molecule is NCc1cc(S(=O)(=O)Nc2cccc(Cl)c2F)cs1. The highest BCUT2D eigenvalue weighted by molar-refractivity contribution is 7.92. The van der Waals surface area contributed by atoms with E-state index in [-0.39, 0.29) is 22.2 Å². The second-order valence-corrected chi connectivity index (χ2v) is 6.75. The molecule has 0 aliphatic carbocycles. The number of benzene rings is 1. The molecule has 0 saturated carbocycles. The molecular weight excluding hydrogens is 311 g/mol. The minimum Gasteiger partial charge on any atom is -0.326 e. The average Bonchev–Trinajstić information content (AvgIpc) is 2.84. The van der Waals surface area contributed by atoms with Crippen molar-refractivity contribution in [3.05, 3.63) is 45.4 Å². The predicted molar refractivity (Wildman–Crippen MR) is 74.4 cm³/mol. The molecule has 1 aromatic heterocycles. The minimum atomic E-state index is -3.84. The summed E-state index contributed by atoms with van der Waals surface area (Å²) in [5.74, 6) is -0.804. The Morgan fingerprint density at radius 2 is 2.16 bits per heavy atom. The fraction of sp³-hybridized carbons (Fsp3) is 0.0909. The van der Waals surface area contributed by atoms with E-state index in [1.807, 2.05) is 0 Å². The van der Waals surface area contributed by atoms with Crippen LogP contribution >= 0.6 is 22.9 Å². The van der Waals surface area contributed by atoms with Crippen molar-refractivity contribution in [3.8, 4) is 0 Å². The number of sulfonamides is 1. The zero-order valence-corrected chi connectivity index (χ0v) is 11.9. The molecule has 0 saturated heterocycles. The maximum atomic E-state index is 13.6. The highest BCUT2D eigenvalue weighted by Crippen LogP contribution is 2.26. The molecule has 0 spiro atoms. The third kappa shape index (κ3) is 3.06. The molecule has 0 amide bonds. The molecule has 1 aromatic carbocycles. The second-order valence-electron chi connectivity index (χ2n) is 3.66. The van der Waals surface area contributed by atoms with E-state index in [2.05, 4.69) is 4.72 Å². The van der Waals surface area contributed by atoms with E-state index in [9.17, 15) is 12.8 Å². The monoisotopic (exact) mass is 320 g/mol. The summed E-state index contributed by atoms with van der Waals surface area (Å²) >= 11 is 6.82. The van der Waals surface area contributed by atoms with Crippen LogP contribution in [0.1, 0.15) is 4.88 Å². The number of rotatable bonds is 4. The maximum Gasteiger partial charge on any atom is 0.262 e. The number of nitrogens with two attached hydrogens (primary N) is 1. The van der Waals surface area contributed by atoms with Gasteiger partial charge in [-0.3, -0.25) is 4.72 Å². The molecule has 0 bridgehead atoms. The Morgan fingerprint density at radius 3 is 2.79 bits per heavy atom. The summed E-state index contributed by atoms with van der Waals surface area (Å²) in [4.78, 5) is 0.782. The van der Waals surface area contributed by atoms with Crippen LogP contribution in [0, 0.1) is 5.82 Å². The van der Waals surface area contributed by atoms with Crippen LogP contribution in [0.2, 0.25) is 5.02 Å². The molecule has 3 N–H and O–H groups in total. The molecule has 2 aromatic rings. The lowest BCUT2D eigenvalue weighted by Gasteiger charge is -2.08. The van der Waals surface area contributed by atoms with Crippen LogP contribution in [0.5, 0.6) is 0 Å². The zero-order chi connectivity index (χ0) is 14.0. The second kappa shape index (κ2) is 5.46. The van der Waals surface area contributed by atoms with Crippen LogP contribution < -0.4 is 10.5 Å². The summed E-state index contributed by atoms with van der Waals surface area (Å²) in [6.07, 6.45) is 0. The van der Waals surface area contributed by atoms with Crippen LogP contribution in [-0.2, 0) is 16.6 Å². The smallest absolute Gasteiger partial charge is 0.262 e. The Morgan fingerprint density at radius 1 is 1.42 bits per heavy atom. The molecule has 0 aliphatic rings. The van der Waals surface area contributed by atoms with E-state index in [0.717, 1.165) is 4.88 Å². The molecule has 0 fully saturated rings. The van der Waals surface area contributed by atoms with Gasteiger partial charge in [0, 0.05) is 16.8 Å². The molecule has 4 nitrogen and oxygen atoms in total. The van der Waals surface area contributed by atoms with E-state index >= 15 is 0 Å². The molecule has 2 rings (SSSR count).